The lowest BCUT2D eigenvalue weighted by Gasteiger charge is -2.09. The molecule has 1 N–H and O–H groups in total. The van der Waals surface area contributed by atoms with Gasteiger partial charge < -0.3 is 0 Å². The van der Waals surface area contributed by atoms with E-state index >= 15 is 0 Å². The predicted molar refractivity (Wildman–Crippen MR) is 85.1 cm³/mol. The number of halogens is 3. The number of nitrogens with zero attached hydrogens (tertiary/aromatic N) is 1. The Balaban J connectivity index is 1.81. The summed E-state index contributed by atoms with van der Waals surface area (Å²) in [5, 5.41) is 0.534. The van der Waals surface area contributed by atoms with E-state index in [1.54, 1.807) is 6.07 Å². The molecule has 1 heterocycles. The molecule has 9 heteroatoms. The van der Waals surface area contributed by atoms with Crippen molar-refractivity contribution in [1.82, 2.24) is 9.71 Å². The summed E-state index contributed by atoms with van der Waals surface area (Å²) in [6, 6.07) is 10.9. The Morgan fingerprint density at radius 1 is 1.08 bits per heavy atom. The van der Waals surface area contributed by atoms with Crippen molar-refractivity contribution in [2.75, 3.05) is 0 Å². The average Bonchev–Trinajstić information content (AvgIpc) is 2.95. The van der Waals surface area contributed by atoms with Crippen LogP contribution in [0.5, 0.6) is 0 Å². The number of fused-ring (bicyclic) bond motifs is 1. The molecule has 0 saturated carbocycles. The summed E-state index contributed by atoms with van der Waals surface area (Å²) in [6.45, 7) is -0.0854. The third-order valence-corrected chi connectivity index (χ3v) is 5.66. The minimum atomic E-state index is -4.60. The molecule has 0 amide bonds. The van der Waals surface area contributed by atoms with Crippen molar-refractivity contribution >= 4 is 31.6 Å². The first kappa shape index (κ1) is 16.9. The van der Waals surface area contributed by atoms with E-state index in [1.807, 2.05) is 18.2 Å². The second-order valence-electron chi connectivity index (χ2n) is 4.93. The number of benzene rings is 2. The molecule has 2 aromatic carbocycles. The lowest BCUT2D eigenvalue weighted by atomic mass is 10.2. The van der Waals surface area contributed by atoms with Gasteiger partial charge in [-0.3, -0.25) is 0 Å². The number of rotatable bonds is 4. The van der Waals surface area contributed by atoms with Gasteiger partial charge in [0.05, 0.1) is 27.2 Å². The normalized spacial score (nSPS) is 12.6. The number of aromatic nitrogens is 1. The van der Waals surface area contributed by atoms with E-state index in [9.17, 15) is 21.6 Å². The summed E-state index contributed by atoms with van der Waals surface area (Å²) >= 11 is 1.32. The highest BCUT2D eigenvalue weighted by Crippen LogP contribution is 2.30. The van der Waals surface area contributed by atoms with Gasteiger partial charge in [0.1, 0.15) is 5.01 Å². The number of hydrogen-bond acceptors (Lipinski definition) is 4. The molecule has 1 aromatic heterocycles. The Kier molecular flexibility index (Phi) is 4.33. The highest BCUT2D eigenvalue weighted by Gasteiger charge is 2.31. The fourth-order valence-electron chi connectivity index (χ4n) is 2.08. The standard InChI is InChI=1S/C15H11F3N2O2S2/c16-15(17,18)10-4-3-5-11(8-10)24(21,22)19-9-14-20-12-6-1-2-7-13(12)23-14/h1-8,19H,9H2. The van der Waals surface area contributed by atoms with Gasteiger partial charge in [0, 0.05) is 0 Å². The van der Waals surface area contributed by atoms with E-state index in [2.05, 4.69) is 9.71 Å². The van der Waals surface area contributed by atoms with Crippen molar-refractivity contribution < 1.29 is 21.6 Å². The topological polar surface area (TPSA) is 59.1 Å². The SMILES string of the molecule is O=S(=O)(NCc1nc2ccccc2s1)c1cccc(C(F)(F)F)c1. The van der Waals surface area contributed by atoms with E-state index in [-0.39, 0.29) is 6.54 Å². The molecule has 0 atom stereocenters. The molecule has 0 unspecified atom stereocenters. The number of hydrogen-bond donors (Lipinski definition) is 1. The Morgan fingerprint density at radius 2 is 1.83 bits per heavy atom. The number of nitrogens with one attached hydrogen (secondary N) is 1. The van der Waals surface area contributed by atoms with Crippen molar-refractivity contribution in [3.05, 3.63) is 59.1 Å². The molecule has 24 heavy (non-hydrogen) atoms. The van der Waals surface area contributed by atoms with Crippen LogP contribution >= 0.6 is 11.3 Å². The van der Waals surface area contributed by atoms with Crippen LogP contribution < -0.4 is 4.72 Å². The van der Waals surface area contributed by atoms with E-state index in [0.717, 1.165) is 28.4 Å². The van der Waals surface area contributed by atoms with Gasteiger partial charge in [-0.2, -0.15) is 13.2 Å². The van der Waals surface area contributed by atoms with Crippen molar-refractivity contribution in [1.29, 1.82) is 0 Å². The molecular formula is C15H11F3N2O2S2. The lowest BCUT2D eigenvalue weighted by molar-refractivity contribution is -0.137. The van der Waals surface area contributed by atoms with Gasteiger partial charge in [0.25, 0.3) is 0 Å². The predicted octanol–water partition coefficient (Wildman–Crippen LogP) is 3.79. The highest BCUT2D eigenvalue weighted by atomic mass is 32.2. The van der Waals surface area contributed by atoms with Crippen LogP contribution in [0, 0.1) is 0 Å². The smallest absolute Gasteiger partial charge is 0.240 e. The quantitative estimate of drug-likeness (QED) is 0.758. The van der Waals surface area contributed by atoms with Gasteiger partial charge in [0.2, 0.25) is 10.0 Å². The first-order valence-corrected chi connectivity index (χ1v) is 9.07. The molecule has 0 aliphatic heterocycles. The first-order chi connectivity index (χ1) is 11.3. The maximum Gasteiger partial charge on any atom is 0.416 e. The second kappa shape index (κ2) is 6.15. The van der Waals surface area contributed by atoms with Gasteiger partial charge in [-0.1, -0.05) is 18.2 Å². The maximum absolute atomic E-state index is 12.7. The summed E-state index contributed by atoms with van der Waals surface area (Å²) in [4.78, 5) is 3.85. The van der Waals surface area contributed by atoms with E-state index in [4.69, 9.17) is 0 Å². The molecule has 0 spiro atoms. The molecule has 0 saturated heterocycles. The third kappa shape index (κ3) is 3.58. The number of para-hydroxylation sites is 1. The Morgan fingerprint density at radius 3 is 2.54 bits per heavy atom. The minimum absolute atomic E-state index is 0.0854. The molecular weight excluding hydrogens is 361 g/mol. The van der Waals surface area contributed by atoms with E-state index < -0.39 is 26.7 Å². The minimum Gasteiger partial charge on any atom is -0.240 e. The fourth-order valence-corrected chi connectivity index (χ4v) is 4.11. The second-order valence-corrected chi connectivity index (χ2v) is 7.81. The van der Waals surface area contributed by atoms with Gasteiger partial charge in [-0.15, -0.1) is 11.3 Å². The molecule has 126 valence electrons. The van der Waals surface area contributed by atoms with Crippen molar-refractivity contribution in [3.63, 3.8) is 0 Å². The Bertz CT molecular complexity index is 949. The largest absolute Gasteiger partial charge is 0.416 e. The van der Waals surface area contributed by atoms with Crippen LogP contribution in [0.3, 0.4) is 0 Å². The van der Waals surface area contributed by atoms with E-state index in [0.29, 0.717) is 11.1 Å². The third-order valence-electron chi connectivity index (χ3n) is 3.22. The Labute approximate surface area is 140 Å². The summed E-state index contributed by atoms with van der Waals surface area (Å²) in [7, 11) is -4.06. The monoisotopic (exact) mass is 372 g/mol. The van der Waals surface area contributed by atoms with Crippen LogP contribution in [0.15, 0.2) is 53.4 Å². The zero-order chi connectivity index (χ0) is 17.4. The molecule has 0 radical (unpaired) electrons. The fraction of sp³-hybridized carbons (Fsp3) is 0.133. The van der Waals surface area contributed by atoms with Crippen LogP contribution in [-0.4, -0.2) is 13.4 Å². The van der Waals surface area contributed by atoms with Crippen LogP contribution in [0.1, 0.15) is 10.6 Å². The summed E-state index contributed by atoms with van der Waals surface area (Å²) in [6.07, 6.45) is -4.60. The van der Waals surface area contributed by atoms with Crippen molar-refractivity contribution in [2.45, 2.75) is 17.6 Å². The Hall–Kier alpha value is -1.97. The molecule has 0 aliphatic rings. The molecule has 3 aromatic rings. The number of alkyl halides is 3. The summed E-state index contributed by atoms with van der Waals surface area (Å²) in [5.41, 5.74) is -0.263. The molecule has 3 rings (SSSR count). The van der Waals surface area contributed by atoms with Gasteiger partial charge in [-0.25, -0.2) is 18.1 Å². The highest BCUT2D eigenvalue weighted by molar-refractivity contribution is 7.89. The van der Waals surface area contributed by atoms with Crippen LogP contribution in [0.25, 0.3) is 10.2 Å². The molecule has 0 fully saturated rings. The van der Waals surface area contributed by atoms with Gasteiger partial charge in [-0.05, 0) is 30.3 Å². The van der Waals surface area contributed by atoms with Crippen LogP contribution in [0.2, 0.25) is 0 Å². The average molecular weight is 372 g/mol. The zero-order valence-electron chi connectivity index (χ0n) is 12.0. The maximum atomic E-state index is 12.7. The van der Waals surface area contributed by atoms with Crippen molar-refractivity contribution in [2.24, 2.45) is 0 Å². The lowest BCUT2D eigenvalue weighted by Crippen LogP contribution is -2.23. The van der Waals surface area contributed by atoms with Crippen LogP contribution in [-0.2, 0) is 22.7 Å². The molecule has 0 bridgehead atoms. The van der Waals surface area contributed by atoms with E-state index in [1.165, 1.54) is 11.3 Å². The van der Waals surface area contributed by atoms with Crippen molar-refractivity contribution in [3.8, 4) is 0 Å². The first-order valence-electron chi connectivity index (χ1n) is 6.77. The molecule has 0 aliphatic carbocycles. The summed E-state index contributed by atoms with van der Waals surface area (Å²) < 4.78 is 65.7. The van der Waals surface area contributed by atoms with Crippen LogP contribution in [0.4, 0.5) is 13.2 Å². The van der Waals surface area contributed by atoms with Gasteiger partial charge in [0.15, 0.2) is 0 Å². The van der Waals surface area contributed by atoms with Gasteiger partial charge >= 0.3 is 6.18 Å². The zero-order valence-corrected chi connectivity index (χ0v) is 13.7. The number of sulfonamides is 1. The molecule has 4 nitrogen and oxygen atoms in total. The number of thiazole rings is 1. The summed E-state index contributed by atoms with van der Waals surface area (Å²) in [5.74, 6) is 0.